The molecule has 0 atom stereocenters. The van der Waals surface area contributed by atoms with E-state index in [1.54, 1.807) is 25.1 Å². The maximum absolute atomic E-state index is 13.1. The monoisotopic (exact) mass is 468 g/mol. The van der Waals surface area contributed by atoms with E-state index in [2.05, 4.69) is 10.6 Å². The molecule has 2 N–H and O–H groups in total. The van der Waals surface area contributed by atoms with Crippen LogP contribution in [0.25, 0.3) is 0 Å². The second kappa shape index (κ2) is 10.6. The predicted molar refractivity (Wildman–Crippen MR) is 127 cm³/mol. The average molecular weight is 469 g/mol. The van der Waals surface area contributed by atoms with Crippen molar-refractivity contribution in [2.24, 2.45) is 0 Å². The summed E-state index contributed by atoms with van der Waals surface area (Å²) in [7, 11) is 4.25. The number of benzene rings is 2. The van der Waals surface area contributed by atoms with E-state index >= 15 is 0 Å². The number of methoxy groups -OCH3 is 3. The summed E-state index contributed by atoms with van der Waals surface area (Å²) in [6, 6.07) is 14.2. The number of hydrogen-bond donors (Lipinski definition) is 2. The largest absolute Gasteiger partial charge is 0.497 e. The molecule has 2 amide bonds. The summed E-state index contributed by atoms with van der Waals surface area (Å²) in [6.45, 7) is 1.63. The quantitative estimate of drug-likeness (QED) is 0.478. The van der Waals surface area contributed by atoms with Gasteiger partial charge in [0, 0.05) is 6.07 Å². The van der Waals surface area contributed by atoms with Crippen LogP contribution in [0.4, 0.5) is 10.7 Å². The summed E-state index contributed by atoms with van der Waals surface area (Å²) in [5.74, 6) is -0.426. The molecule has 3 rings (SSSR count). The van der Waals surface area contributed by atoms with Gasteiger partial charge in [-0.15, -0.1) is 11.3 Å². The lowest BCUT2D eigenvalue weighted by Crippen LogP contribution is -2.16. The number of thiophene rings is 1. The first-order valence-electron chi connectivity index (χ1n) is 9.96. The Morgan fingerprint density at radius 1 is 0.939 bits per heavy atom. The van der Waals surface area contributed by atoms with Crippen molar-refractivity contribution in [1.82, 2.24) is 0 Å². The molecule has 9 heteroatoms. The van der Waals surface area contributed by atoms with Crippen LogP contribution >= 0.6 is 11.3 Å². The van der Waals surface area contributed by atoms with Crippen LogP contribution in [0.2, 0.25) is 0 Å². The molecule has 0 radical (unpaired) electrons. The van der Waals surface area contributed by atoms with Gasteiger partial charge in [0.25, 0.3) is 5.91 Å². The molecule has 3 aromatic rings. The summed E-state index contributed by atoms with van der Waals surface area (Å²) >= 11 is 1.00. The SMILES string of the molecule is COC(=O)c1c(NC(=O)Cc2ccccc2)sc(C(=O)Nc2cc(OC)ccc2OC)c1C. The van der Waals surface area contributed by atoms with E-state index in [4.69, 9.17) is 14.2 Å². The Bertz CT molecular complexity index is 1170. The van der Waals surface area contributed by atoms with Crippen molar-refractivity contribution < 1.29 is 28.6 Å². The summed E-state index contributed by atoms with van der Waals surface area (Å²) in [6.07, 6.45) is 0.126. The second-order valence-corrected chi connectivity index (χ2v) is 8.00. The molecule has 0 unspecified atom stereocenters. The molecule has 0 bridgehead atoms. The third-order valence-corrected chi connectivity index (χ3v) is 6.06. The molecular formula is C24H24N2O6S. The number of rotatable bonds is 8. The highest BCUT2D eigenvalue weighted by molar-refractivity contribution is 7.19. The van der Waals surface area contributed by atoms with Crippen molar-refractivity contribution >= 4 is 39.8 Å². The number of carbonyl (C=O) groups is 3. The smallest absolute Gasteiger partial charge is 0.341 e. The number of ether oxygens (including phenoxy) is 3. The standard InChI is InChI=1S/C24H24N2O6S/c1-14-20(24(29)32-4)23(26-19(27)12-15-8-6-5-7-9-15)33-21(14)22(28)25-17-13-16(30-2)10-11-18(17)31-3/h5-11,13H,12H2,1-4H3,(H,25,28)(H,26,27). The average Bonchev–Trinajstić information content (AvgIpc) is 3.14. The number of carbonyl (C=O) groups excluding carboxylic acids is 3. The zero-order valence-corrected chi connectivity index (χ0v) is 19.5. The number of amides is 2. The van der Waals surface area contributed by atoms with Crippen LogP contribution < -0.4 is 20.1 Å². The molecule has 0 saturated carbocycles. The molecule has 1 heterocycles. The molecule has 0 aliphatic rings. The van der Waals surface area contributed by atoms with Crippen molar-refractivity contribution in [3.8, 4) is 11.5 Å². The normalized spacial score (nSPS) is 10.3. The lowest BCUT2D eigenvalue weighted by Gasteiger charge is -2.11. The Labute approximate surface area is 195 Å². The Kier molecular flexibility index (Phi) is 7.68. The van der Waals surface area contributed by atoms with Crippen molar-refractivity contribution in [3.63, 3.8) is 0 Å². The molecule has 0 fully saturated rings. The maximum Gasteiger partial charge on any atom is 0.341 e. The third-order valence-electron chi connectivity index (χ3n) is 4.86. The van der Waals surface area contributed by atoms with Gasteiger partial charge in [0.2, 0.25) is 5.91 Å². The lowest BCUT2D eigenvalue weighted by molar-refractivity contribution is -0.115. The molecule has 0 aliphatic heterocycles. The lowest BCUT2D eigenvalue weighted by atomic mass is 10.1. The highest BCUT2D eigenvalue weighted by Gasteiger charge is 2.27. The van der Waals surface area contributed by atoms with E-state index in [0.717, 1.165) is 16.9 Å². The minimum Gasteiger partial charge on any atom is -0.497 e. The minimum absolute atomic E-state index is 0.126. The zero-order valence-electron chi connectivity index (χ0n) is 18.7. The van der Waals surface area contributed by atoms with Gasteiger partial charge in [-0.1, -0.05) is 30.3 Å². The first-order valence-corrected chi connectivity index (χ1v) is 10.8. The zero-order chi connectivity index (χ0) is 24.0. The van der Waals surface area contributed by atoms with E-state index in [0.29, 0.717) is 22.7 Å². The van der Waals surface area contributed by atoms with Gasteiger partial charge >= 0.3 is 5.97 Å². The minimum atomic E-state index is -0.642. The van der Waals surface area contributed by atoms with Crippen LogP contribution in [0.5, 0.6) is 11.5 Å². The van der Waals surface area contributed by atoms with Gasteiger partial charge in [-0.05, 0) is 30.2 Å². The van der Waals surface area contributed by atoms with Crippen molar-refractivity contribution in [3.05, 3.63) is 70.1 Å². The van der Waals surface area contributed by atoms with Gasteiger partial charge in [0.05, 0.1) is 43.9 Å². The van der Waals surface area contributed by atoms with Crippen LogP contribution in [-0.4, -0.2) is 39.1 Å². The number of esters is 1. The number of hydrogen-bond acceptors (Lipinski definition) is 7. The van der Waals surface area contributed by atoms with Crippen LogP contribution in [0.1, 0.15) is 31.2 Å². The van der Waals surface area contributed by atoms with E-state index in [1.165, 1.54) is 21.3 Å². The van der Waals surface area contributed by atoms with Gasteiger partial charge in [-0.25, -0.2) is 4.79 Å². The Hall–Kier alpha value is -3.85. The van der Waals surface area contributed by atoms with E-state index in [9.17, 15) is 14.4 Å². The Balaban J connectivity index is 1.90. The van der Waals surface area contributed by atoms with Crippen LogP contribution in [0.15, 0.2) is 48.5 Å². The van der Waals surface area contributed by atoms with E-state index < -0.39 is 11.9 Å². The summed E-state index contributed by atoms with van der Waals surface area (Å²) in [4.78, 5) is 38.4. The number of anilines is 2. The van der Waals surface area contributed by atoms with Gasteiger partial charge in [-0.2, -0.15) is 0 Å². The summed E-state index contributed by atoms with van der Waals surface area (Å²) in [5.41, 5.74) is 1.78. The van der Waals surface area contributed by atoms with Gasteiger partial charge in [0.1, 0.15) is 16.5 Å². The fourth-order valence-electron chi connectivity index (χ4n) is 3.21. The molecule has 8 nitrogen and oxygen atoms in total. The van der Waals surface area contributed by atoms with Crippen molar-refractivity contribution in [2.45, 2.75) is 13.3 Å². The molecule has 33 heavy (non-hydrogen) atoms. The molecule has 0 aliphatic carbocycles. The maximum atomic E-state index is 13.1. The van der Waals surface area contributed by atoms with Crippen molar-refractivity contribution in [2.75, 3.05) is 32.0 Å². The molecule has 2 aromatic carbocycles. The molecule has 0 spiro atoms. The first kappa shape index (κ1) is 23.8. The van der Waals surface area contributed by atoms with E-state index in [1.807, 2.05) is 30.3 Å². The topological polar surface area (TPSA) is 103 Å². The van der Waals surface area contributed by atoms with Crippen LogP contribution in [0.3, 0.4) is 0 Å². The molecular weight excluding hydrogens is 444 g/mol. The van der Waals surface area contributed by atoms with Crippen LogP contribution in [0, 0.1) is 6.92 Å². The first-order chi connectivity index (χ1) is 15.9. The third kappa shape index (κ3) is 5.50. The highest BCUT2D eigenvalue weighted by atomic mass is 32.1. The number of nitrogens with one attached hydrogen (secondary N) is 2. The van der Waals surface area contributed by atoms with Crippen LogP contribution in [-0.2, 0) is 16.0 Å². The molecule has 1 aromatic heterocycles. The van der Waals surface area contributed by atoms with Gasteiger partial charge in [-0.3, -0.25) is 9.59 Å². The van der Waals surface area contributed by atoms with E-state index in [-0.39, 0.29) is 27.8 Å². The summed E-state index contributed by atoms with van der Waals surface area (Å²) < 4.78 is 15.4. The Morgan fingerprint density at radius 2 is 1.67 bits per heavy atom. The fourth-order valence-corrected chi connectivity index (χ4v) is 4.32. The highest BCUT2D eigenvalue weighted by Crippen LogP contribution is 2.36. The molecule has 0 saturated heterocycles. The van der Waals surface area contributed by atoms with Gasteiger partial charge in [0.15, 0.2) is 0 Å². The van der Waals surface area contributed by atoms with Gasteiger partial charge < -0.3 is 24.8 Å². The predicted octanol–water partition coefficient (Wildman–Crippen LogP) is 4.29. The Morgan fingerprint density at radius 3 is 2.30 bits per heavy atom. The summed E-state index contributed by atoms with van der Waals surface area (Å²) in [5, 5.41) is 5.79. The fraction of sp³-hybridized carbons (Fsp3) is 0.208. The second-order valence-electron chi connectivity index (χ2n) is 6.98. The van der Waals surface area contributed by atoms with Crippen molar-refractivity contribution in [1.29, 1.82) is 0 Å². The molecule has 172 valence electrons.